The van der Waals surface area contributed by atoms with Crippen molar-refractivity contribution in [2.45, 2.75) is 0 Å². The number of phenolic OH excluding ortho intramolecular Hbond substituents is 1. The van der Waals surface area contributed by atoms with Crippen molar-refractivity contribution in [3.05, 3.63) is 53.1 Å². The normalized spacial score (nSPS) is 11.5. The third-order valence-electron chi connectivity index (χ3n) is 3.48. The summed E-state index contributed by atoms with van der Waals surface area (Å²) in [4.78, 5) is 7.49. The lowest BCUT2D eigenvalue weighted by molar-refractivity contribution is 0.474. The number of halogens is 1. The van der Waals surface area contributed by atoms with E-state index in [-0.39, 0.29) is 11.7 Å². The van der Waals surface area contributed by atoms with Gasteiger partial charge in [-0.1, -0.05) is 23.7 Å². The molecule has 4 rings (SSSR count). The number of aromatic hydroxyl groups is 1. The summed E-state index contributed by atoms with van der Waals surface area (Å²) in [5, 5.41) is 23.3. The summed E-state index contributed by atoms with van der Waals surface area (Å²) in [6, 6.07) is 12.3. The number of aromatic nitrogens is 4. The second kappa shape index (κ2) is 5.78. The minimum Gasteiger partial charge on any atom is -0.507 e. The van der Waals surface area contributed by atoms with Gasteiger partial charge in [0, 0.05) is 21.5 Å². The first kappa shape index (κ1) is 14.4. The first-order valence-corrected chi connectivity index (χ1v) is 7.47. The van der Waals surface area contributed by atoms with Gasteiger partial charge in [0.05, 0.1) is 6.21 Å². The van der Waals surface area contributed by atoms with Crippen molar-refractivity contribution in [1.29, 1.82) is 0 Å². The van der Waals surface area contributed by atoms with Crippen LogP contribution in [-0.4, -0.2) is 31.5 Å². The summed E-state index contributed by atoms with van der Waals surface area (Å²) in [6.07, 6.45) is 1.48. The standard InChI is InChI=1S/C16H11ClN6O/c17-10-5-6-12-11(7-10)14-15(19-12)20-16(23-21-14)22-18-8-9-3-1-2-4-13(9)24/h1-8,24H,(H2,19,20,22,23)/b18-8+. The monoisotopic (exact) mass is 338 g/mol. The van der Waals surface area contributed by atoms with Crippen LogP contribution in [0.25, 0.3) is 22.1 Å². The molecule has 8 heteroatoms. The molecule has 3 N–H and O–H groups in total. The third kappa shape index (κ3) is 2.61. The van der Waals surface area contributed by atoms with Gasteiger partial charge in [0.15, 0.2) is 5.65 Å². The number of rotatable bonds is 3. The molecule has 4 aromatic rings. The number of benzene rings is 2. The summed E-state index contributed by atoms with van der Waals surface area (Å²) in [5.74, 6) is 0.386. The Morgan fingerprint density at radius 1 is 1.17 bits per heavy atom. The minimum atomic E-state index is 0.144. The van der Waals surface area contributed by atoms with Gasteiger partial charge in [-0.15, -0.1) is 10.2 Å². The van der Waals surface area contributed by atoms with Crippen LogP contribution in [0.5, 0.6) is 5.75 Å². The Hall–Kier alpha value is -3.19. The van der Waals surface area contributed by atoms with Crippen molar-refractivity contribution in [2.24, 2.45) is 5.10 Å². The van der Waals surface area contributed by atoms with Gasteiger partial charge in [-0.25, -0.2) is 5.43 Å². The Kier molecular flexibility index (Phi) is 3.47. The molecule has 0 aliphatic heterocycles. The van der Waals surface area contributed by atoms with Crippen LogP contribution in [0.4, 0.5) is 5.95 Å². The van der Waals surface area contributed by atoms with Crippen molar-refractivity contribution >= 4 is 45.8 Å². The molecular formula is C16H11ClN6O. The van der Waals surface area contributed by atoms with Gasteiger partial charge in [-0.3, -0.25) is 0 Å². The summed E-state index contributed by atoms with van der Waals surface area (Å²) in [5.41, 5.74) is 5.39. The zero-order chi connectivity index (χ0) is 16.5. The van der Waals surface area contributed by atoms with E-state index in [1.165, 1.54) is 6.21 Å². The van der Waals surface area contributed by atoms with Gasteiger partial charge < -0.3 is 10.1 Å². The van der Waals surface area contributed by atoms with E-state index in [1.807, 2.05) is 12.1 Å². The Bertz CT molecular complexity index is 1070. The Morgan fingerprint density at radius 3 is 2.92 bits per heavy atom. The fraction of sp³-hybridized carbons (Fsp3) is 0. The molecule has 0 aliphatic carbocycles. The van der Waals surface area contributed by atoms with Crippen molar-refractivity contribution < 1.29 is 5.11 Å². The van der Waals surface area contributed by atoms with E-state index in [0.717, 1.165) is 10.9 Å². The number of H-pyrrole nitrogens is 1. The number of fused-ring (bicyclic) bond motifs is 3. The van der Waals surface area contributed by atoms with Gasteiger partial charge in [-0.05, 0) is 30.3 Å². The van der Waals surface area contributed by atoms with Crippen LogP contribution < -0.4 is 5.43 Å². The number of aromatic amines is 1. The van der Waals surface area contributed by atoms with Gasteiger partial charge >= 0.3 is 0 Å². The lowest BCUT2D eigenvalue weighted by Crippen LogP contribution is -1.99. The minimum absolute atomic E-state index is 0.144. The summed E-state index contributed by atoms with van der Waals surface area (Å²) in [6.45, 7) is 0. The van der Waals surface area contributed by atoms with Gasteiger partial charge in [0.1, 0.15) is 11.3 Å². The quantitative estimate of drug-likeness (QED) is 0.393. The molecule has 0 atom stereocenters. The molecule has 0 radical (unpaired) electrons. The maximum Gasteiger partial charge on any atom is 0.265 e. The molecule has 0 fully saturated rings. The highest BCUT2D eigenvalue weighted by Crippen LogP contribution is 2.25. The Labute approximate surface area is 141 Å². The fourth-order valence-corrected chi connectivity index (χ4v) is 2.52. The molecule has 0 bridgehead atoms. The predicted molar refractivity (Wildman–Crippen MR) is 93.5 cm³/mol. The summed E-state index contributed by atoms with van der Waals surface area (Å²) < 4.78 is 0. The molecule has 0 amide bonds. The summed E-state index contributed by atoms with van der Waals surface area (Å²) in [7, 11) is 0. The largest absolute Gasteiger partial charge is 0.507 e. The predicted octanol–water partition coefficient (Wildman–Crippen LogP) is 3.31. The number of hydrazone groups is 1. The Balaban J connectivity index is 1.63. The fourth-order valence-electron chi connectivity index (χ4n) is 2.35. The summed E-state index contributed by atoms with van der Waals surface area (Å²) >= 11 is 6.01. The van der Waals surface area contributed by atoms with Crippen molar-refractivity contribution in [2.75, 3.05) is 5.43 Å². The van der Waals surface area contributed by atoms with Crippen LogP contribution in [0.15, 0.2) is 47.6 Å². The molecule has 2 aromatic heterocycles. The molecular weight excluding hydrogens is 328 g/mol. The third-order valence-corrected chi connectivity index (χ3v) is 3.72. The second-order valence-electron chi connectivity index (χ2n) is 5.08. The van der Waals surface area contributed by atoms with E-state index in [1.54, 1.807) is 30.3 Å². The smallest absolute Gasteiger partial charge is 0.265 e. The number of nitrogens with one attached hydrogen (secondary N) is 2. The van der Waals surface area contributed by atoms with Crippen LogP contribution in [0.1, 0.15) is 5.56 Å². The number of hydrogen-bond donors (Lipinski definition) is 3. The molecule has 0 saturated carbocycles. The van der Waals surface area contributed by atoms with E-state index in [4.69, 9.17) is 11.6 Å². The molecule has 7 nitrogen and oxygen atoms in total. The van der Waals surface area contributed by atoms with E-state index in [2.05, 4.69) is 30.7 Å². The van der Waals surface area contributed by atoms with Crippen LogP contribution in [0.2, 0.25) is 5.02 Å². The SMILES string of the molecule is Oc1ccccc1/C=N/Nc1nnc2c(n1)[nH]c1ccc(Cl)cc12. The average molecular weight is 339 g/mol. The van der Waals surface area contributed by atoms with Crippen LogP contribution in [-0.2, 0) is 0 Å². The maximum absolute atomic E-state index is 9.67. The Morgan fingerprint density at radius 2 is 2.04 bits per heavy atom. The molecule has 2 aromatic carbocycles. The van der Waals surface area contributed by atoms with Gasteiger partial charge in [-0.2, -0.15) is 10.1 Å². The number of nitrogens with zero attached hydrogens (tertiary/aromatic N) is 4. The lowest BCUT2D eigenvalue weighted by atomic mass is 10.2. The van der Waals surface area contributed by atoms with Crippen LogP contribution in [0, 0.1) is 0 Å². The zero-order valence-electron chi connectivity index (χ0n) is 12.2. The molecule has 0 saturated heterocycles. The van der Waals surface area contributed by atoms with Crippen LogP contribution in [0.3, 0.4) is 0 Å². The maximum atomic E-state index is 9.67. The second-order valence-corrected chi connectivity index (χ2v) is 5.51. The highest BCUT2D eigenvalue weighted by atomic mass is 35.5. The topological polar surface area (TPSA) is 99.1 Å². The molecule has 0 unspecified atom stereocenters. The van der Waals surface area contributed by atoms with Gasteiger partial charge in [0.2, 0.25) is 0 Å². The number of phenols is 1. The number of anilines is 1. The van der Waals surface area contributed by atoms with Gasteiger partial charge in [0.25, 0.3) is 5.95 Å². The van der Waals surface area contributed by atoms with Crippen molar-refractivity contribution in [1.82, 2.24) is 20.2 Å². The van der Waals surface area contributed by atoms with Crippen molar-refractivity contribution in [3.63, 3.8) is 0 Å². The highest BCUT2D eigenvalue weighted by Gasteiger charge is 2.09. The van der Waals surface area contributed by atoms with E-state index >= 15 is 0 Å². The molecule has 24 heavy (non-hydrogen) atoms. The van der Waals surface area contributed by atoms with E-state index in [0.29, 0.717) is 21.7 Å². The lowest BCUT2D eigenvalue weighted by Gasteiger charge is -1.98. The number of para-hydroxylation sites is 1. The van der Waals surface area contributed by atoms with Crippen molar-refractivity contribution in [3.8, 4) is 5.75 Å². The molecule has 118 valence electrons. The molecule has 0 spiro atoms. The molecule has 2 heterocycles. The molecule has 0 aliphatic rings. The first-order valence-electron chi connectivity index (χ1n) is 7.09. The van der Waals surface area contributed by atoms with E-state index < -0.39 is 0 Å². The van der Waals surface area contributed by atoms with E-state index in [9.17, 15) is 5.11 Å². The first-order chi connectivity index (χ1) is 11.7. The average Bonchev–Trinajstić information content (AvgIpc) is 2.94. The number of hydrogen-bond acceptors (Lipinski definition) is 6. The van der Waals surface area contributed by atoms with Crippen LogP contribution >= 0.6 is 11.6 Å². The zero-order valence-corrected chi connectivity index (χ0v) is 13.0. The highest BCUT2D eigenvalue weighted by molar-refractivity contribution is 6.31.